The van der Waals surface area contributed by atoms with Crippen molar-refractivity contribution in [3.8, 4) is 0 Å². The summed E-state index contributed by atoms with van der Waals surface area (Å²) < 4.78 is 61.2. The van der Waals surface area contributed by atoms with E-state index >= 15 is 0 Å². The van der Waals surface area contributed by atoms with Crippen LogP contribution in [-0.2, 0) is 47.4 Å². The van der Waals surface area contributed by atoms with E-state index in [0.29, 0.717) is 48.3 Å². The van der Waals surface area contributed by atoms with E-state index in [2.05, 4.69) is 27.7 Å². The van der Waals surface area contributed by atoms with Gasteiger partial charge in [-0.2, -0.15) is 0 Å². The van der Waals surface area contributed by atoms with Crippen LogP contribution in [0.1, 0.15) is 85.5 Å². The average molecular weight is 1080 g/mol. The van der Waals surface area contributed by atoms with Crippen molar-refractivity contribution >= 4 is 0 Å². The van der Waals surface area contributed by atoms with Crippen LogP contribution < -0.4 is 0 Å². The van der Waals surface area contributed by atoms with Crippen molar-refractivity contribution in [1.82, 2.24) is 0 Å². The number of hydrogen-bond acceptors (Lipinski definition) is 24. The number of aliphatic hydroxyl groups excluding tert-OH is 14. The van der Waals surface area contributed by atoms with E-state index in [1.165, 1.54) is 0 Å². The highest BCUT2D eigenvalue weighted by atomic mass is 16.8. The largest absolute Gasteiger partial charge is 0.394 e. The summed E-state index contributed by atoms with van der Waals surface area (Å²) in [7, 11) is 0. The molecule has 14 N–H and O–H groups in total. The maximum absolute atomic E-state index is 12.0. The van der Waals surface area contributed by atoms with Crippen LogP contribution in [0.2, 0.25) is 0 Å². The van der Waals surface area contributed by atoms with Gasteiger partial charge in [0.15, 0.2) is 30.9 Å². The second-order valence-electron chi connectivity index (χ2n) is 24.5. The van der Waals surface area contributed by atoms with Crippen LogP contribution in [0, 0.1) is 52.3 Å². The molecule has 6 heterocycles. The Kier molecular flexibility index (Phi) is 16.9. The van der Waals surface area contributed by atoms with Crippen LogP contribution in [0.25, 0.3) is 0 Å². The smallest absolute Gasteiger partial charge is 0.187 e. The van der Waals surface area contributed by atoms with Crippen molar-refractivity contribution in [2.75, 3.05) is 33.0 Å². The van der Waals surface area contributed by atoms with E-state index in [4.69, 9.17) is 47.4 Å². The van der Waals surface area contributed by atoms with Gasteiger partial charge in [0.2, 0.25) is 0 Å². The SMILES string of the molecule is C[C@H]1CC[C@@]2(OC1)O[C@H]1C[C@H]3[C@@H]4CC[C@H]5C[C@@H](O[C@@H]6O[C@H](CO)[C@H](O[C@@H]7O[C@H](CO)[C@@H](O)[C@H](O[C@@H]8O[C@H](CO)[C@@H](O)[C@H](O)[C@H]8O)[C@H]7O[C@@H]7O[C@H](CO)[C@@H](O)[C@H](O)[C@H]7O)[C@H](O)[C@H]6O)[C@H](O)C[C@]5(C)[C@H]4CC[C@]3(C)[C@H]1[C@@H]2C. The number of fused-ring (bicyclic) bond motifs is 7. The Morgan fingerprint density at radius 3 is 1.64 bits per heavy atom. The van der Waals surface area contributed by atoms with Gasteiger partial charge in [-0.05, 0) is 97.7 Å². The van der Waals surface area contributed by atoms with Crippen LogP contribution in [0.5, 0.6) is 0 Å². The molecule has 6 aliphatic heterocycles. The van der Waals surface area contributed by atoms with E-state index in [1.54, 1.807) is 0 Å². The van der Waals surface area contributed by atoms with Crippen molar-refractivity contribution < 1.29 is 119 Å². The normalized spacial score (nSPS) is 58.0. The molecule has 33 atom stereocenters. The second kappa shape index (κ2) is 22.1. The fourth-order valence-electron chi connectivity index (χ4n) is 16.2. The average Bonchev–Trinajstić information content (AvgIpc) is 3.84. The zero-order valence-electron chi connectivity index (χ0n) is 43.1. The second-order valence-corrected chi connectivity index (χ2v) is 24.5. The fourth-order valence-corrected chi connectivity index (χ4v) is 16.2. The minimum atomic E-state index is -2.06. The van der Waals surface area contributed by atoms with Crippen molar-refractivity contribution in [3.05, 3.63) is 0 Å². The van der Waals surface area contributed by atoms with E-state index in [9.17, 15) is 71.5 Å². The van der Waals surface area contributed by atoms with Gasteiger partial charge in [0, 0.05) is 12.3 Å². The molecule has 10 aliphatic rings. The van der Waals surface area contributed by atoms with Crippen molar-refractivity contribution in [1.29, 1.82) is 0 Å². The van der Waals surface area contributed by atoms with Crippen LogP contribution >= 0.6 is 0 Å². The van der Waals surface area contributed by atoms with Gasteiger partial charge >= 0.3 is 0 Å². The van der Waals surface area contributed by atoms with Crippen LogP contribution in [0.15, 0.2) is 0 Å². The Morgan fingerprint density at radius 2 is 1.04 bits per heavy atom. The van der Waals surface area contributed by atoms with E-state index < -0.39 is 167 Å². The molecule has 432 valence electrons. The molecular weight excluding hydrogens is 997 g/mol. The van der Waals surface area contributed by atoms with Gasteiger partial charge in [0.1, 0.15) is 97.7 Å². The molecule has 0 aromatic carbocycles. The molecule has 0 bridgehead atoms. The van der Waals surface area contributed by atoms with Gasteiger partial charge in [-0.25, -0.2) is 0 Å². The third kappa shape index (κ3) is 9.79. The molecule has 10 fully saturated rings. The van der Waals surface area contributed by atoms with E-state index in [-0.39, 0.29) is 22.9 Å². The first kappa shape index (κ1) is 57.3. The molecule has 0 radical (unpaired) electrons. The van der Waals surface area contributed by atoms with Gasteiger partial charge in [0.25, 0.3) is 0 Å². The molecule has 10 rings (SSSR count). The lowest BCUT2D eigenvalue weighted by Gasteiger charge is -2.62. The summed E-state index contributed by atoms with van der Waals surface area (Å²) in [5.41, 5.74) is -0.0790. The summed E-state index contributed by atoms with van der Waals surface area (Å²) in [4.78, 5) is 0. The molecule has 75 heavy (non-hydrogen) atoms. The Morgan fingerprint density at radius 1 is 0.493 bits per heavy atom. The Hall–Kier alpha value is -0.960. The maximum Gasteiger partial charge on any atom is 0.187 e. The number of ether oxygens (including phenoxy) is 10. The molecule has 24 nitrogen and oxygen atoms in total. The molecule has 0 amide bonds. The first-order valence-electron chi connectivity index (χ1n) is 27.4. The molecular formula is C51H84O24. The standard InChI is InChI=1S/C51H84O24/c1-19-7-10-51(66-18-19)20(2)32-27(75-51)12-24-22-6-5-21-11-26(25(56)13-50(21,4)23(22)8-9-49(24,32)3)67-45-41(65)38(62)42(31(17-55)71-45)72-48-44(74-47-40(64)37(61)34(58)29(15-53)69-47)43(35(59)30(16-54)70-48)73-46-39(63)36(60)33(57)28(14-52)68-46/h19-48,52-65H,5-18H2,1-4H3/t19-,20-,21-,22+,23-,24-,25+,26+,27-,28+,29+,30+,31+,32-,33+,34+,35+,36-,37-,38+,39+,40+,41+,42-,43-,44+,45+,46-,47-,48-,49-,50-,51+/m0/s1. The molecule has 6 saturated heterocycles. The van der Waals surface area contributed by atoms with Crippen LogP contribution in [-0.4, -0.2) is 251 Å². The first-order valence-corrected chi connectivity index (χ1v) is 27.4. The highest BCUT2D eigenvalue weighted by molar-refractivity contribution is 5.16. The zero-order chi connectivity index (χ0) is 53.8. The monoisotopic (exact) mass is 1080 g/mol. The molecule has 1 spiro atoms. The van der Waals surface area contributed by atoms with Gasteiger partial charge < -0.3 is 119 Å². The topological polar surface area (TPSA) is 376 Å². The third-order valence-electron chi connectivity index (χ3n) is 20.4. The van der Waals surface area contributed by atoms with Crippen LogP contribution in [0.4, 0.5) is 0 Å². The number of hydrogen-bond donors (Lipinski definition) is 14. The van der Waals surface area contributed by atoms with Gasteiger partial charge in [0.05, 0.1) is 51.3 Å². The number of aliphatic hydroxyl groups is 14. The Labute approximate surface area is 435 Å². The van der Waals surface area contributed by atoms with Crippen molar-refractivity contribution in [3.63, 3.8) is 0 Å². The predicted octanol–water partition coefficient (Wildman–Crippen LogP) is -3.94. The molecule has 24 heteroatoms. The minimum absolute atomic E-state index is 0.121. The highest BCUT2D eigenvalue weighted by Crippen LogP contribution is 2.71. The van der Waals surface area contributed by atoms with E-state index in [0.717, 1.165) is 51.6 Å². The maximum atomic E-state index is 12.0. The minimum Gasteiger partial charge on any atom is -0.394 e. The summed E-state index contributed by atoms with van der Waals surface area (Å²) in [6.07, 6.45) is -30.3. The summed E-state index contributed by atoms with van der Waals surface area (Å²) in [5.74, 6) is 2.26. The van der Waals surface area contributed by atoms with Crippen molar-refractivity contribution in [2.24, 2.45) is 52.3 Å². The molecule has 4 aliphatic carbocycles. The summed E-state index contributed by atoms with van der Waals surface area (Å²) >= 11 is 0. The molecule has 0 aromatic heterocycles. The third-order valence-corrected chi connectivity index (χ3v) is 20.4. The molecule has 0 aromatic rings. The lowest BCUT2D eigenvalue weighted by atomic mass is 9.44. The molecule has 0 unspecified atom stereocenters. The fraction of sp³-hybridized carbons (Fsp3) is 1.00. The lowest BCUT2D eigenvalue weighted by molar-refractivity contribution is -0.407. The Balaban J connectivity index is 0.831. The number of rotatable bonds is 12. The summed E-state index contributed by atoms with van der Waals surface area (Å²) in [6, 6.07) is 0. The predicted molar refractivity (Wildman–Crippen MR) is 250 cm³/mol. The van der Waals surface area contributed by atoms with Gasteiger partial charge in [-0.15, -0.1) is 0 Å². The first-order chi connectivity index (χ1) is 35.6. The van der Waals surface area contributed by atoms with Gasteiger partial charge in [-0.1, -0.05) is 27.7 Å². The Bertz CT molecular complexity index is 1910. The van der Waals surface area contributed by atoms with Crippen molar-refractivity contribution in [2.45, 2.75) is 232 Å². The van der Waals surface area contributed by atoms with Crippen LogP contribution in [0.3, 0.4) is 0 Å². The zero-order valence-corrected chi connectivity index (χ0v) is 43.1. The molecule has 4 saturated carbocycles. The van der Waals surface area contributed by atoms with E-state index in [1.807, 2.05) is 0 Å². The highest BCUT2D eigenvalue weighted by Gasteiger charge is 2.70. The van der Waals surface area contributed by atoms with Gasteiger partial charge in [-0.3, -0.25) is 0 Å². The summed E-state index contributed by atoms with van der Waals surface area (Å²) in [5, 5.41) is 152. The quantitative estimate of drug-likeness (QED) is 0.0830. The summed E-state index contributed by atoms with van der Waals surface area (Å²) in [6.45, 7) is 6.57. The lowest BCUT2D eigenvalue weighted by Crippen LogP contribution is -2.69.